The fourth-order valence-corrected chi connectivity index (χ4v) is 2.28. The van der Waals surface area contributed by atoms with Crippen LogP contribution in [0.25, 0.3) is 0 Å². The highest BCUT2D eigenvalue weighted by Crippen LogP contribution is 2.27. The number of hydrogen-bond donors (Lipinski definition) is 3. The minimum atomic E-state index is -1.13. The van der Waals surface area contributed by atoms with E-state index in [2.05, 4.69) is 5.32 Å². The summed E-state index contributed by atoms with van der Waals surface area (Å²) in [7, 11) is 0. The van der Waals surface area contributed by atoms with Gasteiger partial charge in [0.1, 0.15) is 0 Å². The second-order valence-corrected chi connectivity index (χ2v) is 4.38. The van der Waals surface area contributed by atoms with Gasteiger partial charge < -0.3 is 20.3 Å². The smallest absolute Gasteiger partial charge is 0.336 e. The van der Waals surface area contributed by atoms with Gasteiger partial charge in [0.2, 0.25) is 0 Å². The van der Waals surface area contributed by atoms with Crippen molar-refractivity contribution in [2.24, 2.45) is 0 Å². The highest BCUT2D eigenvalue weighted by molar-refractivity contribution is 5.97. The number of rotatable bonds is 3. The minimum Gasteiger partial charge on any atom is -0.478 e. The molecule has 1 aromatic carbocycles. The second kappa shape index (κ2) is 5.38. The van der Waals surface area contributed by atoms with Crippen LogP contribution in [-0.2, 0) is 4.74 Å². The average Bonchev–Trinajstić information content (AvgIpc) is 2.38. The van der Waals surface area contributed by atoms with E-state index in [9.17, 15) is 14.7 Å². The molecule has 0 saturated carbocycles. The molecular weight excluding hydrogens is 250 g/mol. The maximum atomic E-state index is 11.4. The summed E-state index contributed by atoms with van der Waals surface area (Å²) in [6.07, 6.45) is -0.360. The Balaban J connectivity index is 2.51. The van der Waals surface area contributed by atoms with Crippen molar-refractivity contribution >= 4 is 11.9 Å². The van der Waals surface area contributed by atoms with Gasteiger partial charge in [-0.15, -0.1) is 0 Å². The van der Waals surface area contributed by atoms with E-state index >= 15 is 0 Å². The highest BCUT2D eigenvalue weighted by atomic mass is 16.5. The van der Waals surface area contributed by atoms with E-state index in [0.717, 1.165) is 6.54 Å². The predicted octanol–water partition coefficient (Wildman–Crippen LogP) is 1.05. The molecule has 0 amide bonds. The van der Waals surface area contributed by atoms with Crippen LogP contribution in [0, 0.1) is 6.92 Å². The van der Waals surface area contributed by atoms with Crippen molar-refractivity contribution in [3.8, 4) is 0 Å². The molecule has 0 aliphatic carbocycles. The van der Waals surface area contributed by atoms with E-state index in [1.54, 1.807) is 0 Å². The van der Waals surface area contributed by atoms with Gasteiger partial charge in [-0.1, -0.05) is 6.07 Å². The molecule has 2 rings (SSSR count). The summed E-state index contributed by atoms with van der Waals surface area (Å²) >= 11 is 0. The van der Waals surface area contributed by atoms with E-state index in [0.29, 0.717) is 18.7 Å². The van der Waals surface area contributed by atoms with Crippen LogP contribution < -0.4 is 5.32 Å². The summed E-state index contributed by atoms with van der Waals surface area (Å²) < 4.78 is 5.54. The third kappa shape index (κ3) is 2.59. The number of carboxylic acid groups (broad SMARTS) is 2. The monoisotopic (exact) mass is 265 g/mol. The number of carbonyl (C=O) groups is 2. The third-order valence-electron chi connectivity index (χ3n) is 3.22. The fraction of sp³-hybridized carbons (Fsp3) is 0.385. The van der Waals surface area contributed by atoms with Crippen molar-refractivity contribution in [1.82, 2.24) is 5.32 Å². The maximum Gasteiger partial charge on any atom is 0.336 e. The van der Waals surface area contributed by atoms with Crippen molar-refractivity contribution in [2.75, 3.05) is 19.7 Å². The largest absolute Gasteiger partial charge is 0.478 e. The van der Waals surface area contributed by atoms with Crippen molar-refractivity contribution in [3.63, 3.8) is 0 Å². The molecule has 0 spiro atoms. The number of morpholine rings is 1. The molecule has 0 bridgehead atoms. The van der Waals surface area contributed by atoms with Crippen LogP contribution in [0.4, 0.5) is 0 Å². The Labute approximate surface area is 110 Å². The molecule has 19 heavy (non-hydrogen) atoms. The second-order valence-electron chi connectivity index (χ2n) is 4.38. The van der Waals surface area contributed by atoms with Gasteiger partial charge in [-0.25, -0.2) is 9.59 Å². The Hall–Kier alpha value is -1.92. The minimum absolute atomic E-state index is 0.00455. The van der Waals surface area contributed by atoms with Gasteiger partial charge in [-0.05, 0) is 24.1 Å². The summed E-state index contributed by atoms with van der Waals surface area (Å²) in [6.45, 7) is 3.26. The summed E-state index contributed by atoms with van der Waals surface area (Å²) in [4.78, 5) is 22.4. The number of nitrogens with one attached hydrogen (secondary N) is 1. The van der Waals surface area contributed by atoms with Crippen LogP contribution in [0.5, 0.6) is 0 Å². The van der Waals surface area contributed by atoms with Crippen LogP contribution in [0.3, 0.4) is 0 Å². The van der Waals surface area contributed by atoms with Gasteiger partial charge >= 0.3 is 11.9 Å². The van der Waals surface area contributed by atoms with Crippen molar-refractivity contribution in [2.45, 2.75) is 13.0 Å². The average molecular weight is 265 g/mol. The Bertz CT molecular complexity index is 520. The number of benzene rings is 1. The zero-order valence-corrected chi connectivity index (χ0v) is 10.5. The molecule has 1 aromatic rings. The normalized spacial score (nSPS) is 19.1. The van der Waals surface area contributed by atoms with E-state index in [-0.39, 0.29) is 22.8 Å². The molecule has 1 unspecified atom stereocenters. The van der Waals surface area contributed by atoms with E-state index in [1.807, 2.05) is 0 Å². The van der Waals surface area contributed by atoms with Gasteiger partial charge in [0, 0.05) is 13.1 Å². The van der Waals surface area contributed by atoms with Crippen LogP contribution in [-0.4, -0.2) is 41.8 Å². The third-order valence-corrected chi connectivity index (χ3v) is 3.22. The van der Waals surface area contributed by atoms with E-state index in [4.69, 9.17) is 9.84 Å². The van der Waals surface area contributed by atoms with Gasteiger partial charge in [0.15, 0.2) is 0 Å². The molecule has 1 fully saturated rings. The molecule has 1 saturated heterocycles. The molecule has 1 aliphatic heterocycles. The Morgan fingerprint density at radius 2 is 2.05 bits per heavy atom. The lowest BCUT2D eigenvalue weighted by Gasteiger charge is -2.26. The molecule has 0 aromatic heterocycles. The van der Waals surface area contributed by atoms with Crippen LogP contribution in [0.15, 0.2) is 12.1 Å². The Morgan fingerprint density at radius 1 is 1.32 bits per heavy atom. The number of hydrogen-bond acceptors (Lipinski definition) is 4. The maximum absolute atomic E-state index is 11.4. The zero-order chi connectivity index (χ0) is 14.0. The highest BCUT2D eigenvalue weighted by Gasteiger charge is 2.25. The molecule has 6 heteroatoms. The zero-order valence-electron chi connectivity index (χ0n) is 10.5. The summed E-state index contributed by atoms with van der Waals surface area (Å²) in [5.41, 5.74) is 0.799. The first-order valence-corrected chi connectivity index (χ1v) is 5.94. The SMILES string of the molecule is Cc1c(C(=O)O)ccc(C2CNCCO2)c1C(=O)O. The molecule has 1 heterocycles. The molecule has 3 N–H and O–H groups in total. The summed E-state index contributed by atoms with van der Waals surface area (Å²) in [6, 6.07) is 2.95. The van der Waals surface area contributed by atoms with Crippen LogP contribution in [0.1, 0.15) is 37.9 Å². The summed E-state index contributed by atoms with van der Waals surface area (Å²) in [5.74, 6) is -2.26. The van der Waals surface area contributed by atoms with Crippen molar-refractivity contribution < 1.29 is 24.5 Å². The van der Waals surface area contributed by atoms with Gasteiger partial charge in [0.05, 0.1) is 23.8 Å². The number of aromatic carboxylic acids is 2. The predicted molar refractivity (Wildman–Crippen MR) is 66.7 cm³/mol. The van der Waals surface area contributed by atoms with Crippen LogP contribution in [0.2, 0.25) is 0 Å². The Morgan fingerprint density at radius 3 is 2.58 bits per heavy atom. The molecule has 6 nitrogen and oxygen atoms in total. The first-order chi connectivity index (χ1) is 9.02. The lowest BCUT2D eigenvalue weighted by molar-refractivity contribution is 0.0262. The summed E-state index contributed by atoms with van der Waals surface area (Å²) in [5, 5.41) is 21.5. The molecule has 0 radical (unpaired) electrons. The van der Waals surface area contributed by atoms with Crippen LogP contribution >= 0.6 is 0 Å². The molecule has 1 atom stereocenters. The standard InChI is InChI=1S/C13H15NO5/c1-7-8(12(15)16)2-3-9(11(7)13(17)18)10-6-14-4-5-19-10/h2-3,10,14H,4-6H2,1H3,(H,15,16)(H,17,18). The molecule has 102 valence electrons. The lowest BCUT2D eigenvalue weighted by Crippen LogP contribution is -2.34. The fourth-order valence-electron chi connectivity index (χ4n) is 2.28. The van der Waals surface area contributed by atoms with Crippen molar-refractivity contribution in [1.29, 1.82) is 0 Å². The van der Waals surface area contributed by atoms with Gasteiger partial charge in [-0.2, -0.15) is 0 Å². The molecular formula is C13H15NO5. The first-order valence-electron chi connectivity index (χ1n) is 5.94. The Kier molecular flexibility index (Phi) is 3.82. The number of carboxylic acids is 2. The van der Waals surface area contributed by atoms with Crippen molar-refractivity contribution in [3.05, 3.63) is 34.4 Å². The quantitative estimate of drug-likeness (QED) is 0.756. The van der Waals surface area contributed by atoms with Gasteiger partial charge in [0.25, 0.3) is 0 Å². The van der Waals surface area contributed by atoms with E-state index in [1.165, 1.54) is 19.1 Å². The lowest BCUT2D eigenvalue weighted by atomic mass is 9.93. The van der Waals surface area contributed by atoms with E-state index < -0.39 is 11.9 Å². The topological polar surface area (TPSA) is 95.9 Å². The molecule has 1 aliphatic rings. The number of ether oxygens (including phenoxy) is 1. The first kappa shape index (κ1) is 13.5. The van der Waals surface area contributed by atoms with Gasteiger partial charge in [-0.3, -0.25) is 0 Å².